The summed E-state index contributed by atoms with van der Waals surface area (Å²) in [5.74, 6) is 0.503. The van der Waals surface area contributed by atoms with Crippen LogP contribution in [0.25, 0.3) is 0 Å². The van der Waals surface area contributed by atoms with Gasteiger partial charge in [-0.25, -0.2) is 8.42 Å². The first-order valence-electron chi connectivity index (χ1n) is 10.8. The standard InChI is InChI=1S/C23H36N2O4S/c1-19(26)24-13-15-25(16-14-24)21-11-9-20(10-12-21)18-22(27)8-6-5-7-17-30(28,29)23(2,3)4/h9-12H,5-8,13-18H2,1-4H3. The fourth-order valence-corrected chi connectivity index (χ4v) is 4.71. The minimum absolute atomic E-state index is 0.124. The molecule has 0 atom stereocenters. The Balaban J connectivity index is 1.70. The molecule has 2 rings (SSSR count). The van der Waals surface area contributed by atoms with E-state index in [9.17, 15) is 18.0 Å². The summed E-state index contributed by atoms with van der Waals surface area (Å²) in [4.78, 5) is 27.8. The van der Waals surface area contributed by atoms with Crippen LogP contribution in [0.1, 0.15) is 58.9 Å². The third kappa shape index (κ3) is 7.11. The highest BCUT2D eigenvalue weighted by atomic mass is 32.2. The summed E-state index contributed by atoms with van der Waals surface area (Å²) < 4.78 is 23.5. The molecule has 30 heavy (non-hydrogen) atoms. The number of hydrogen-bond acceptors (Lipinski definition) is 5. The SMILES string of the molecule is CC(=O)N1CCN(c2ccc(CC(=O)CCCCCS(=O)(=O)C(C)(C)C)cc2)CC1. The van der Waals surface area contributed by atoms with Crippen molar-refractivity contribution in [3.05, 3.63) is 29.8 Å². The van der Waals surface area contributed by atoms with Gasteiger partial charge >= 0.3 is 0 Å². The minimum Gasteiger partial charge on any atom is -0.368 e. The monoisotopic (exact) mass is 436 g/mol. The number of benzene rings is 1. The van der Waals surface area contributed by atoms with E-state index >= 15 is 0 Å². The quantitative estimate of drug-likeness (QED) is 0.556. The number of hydrogen-bond donors (Lipinski definition) is 0. The second-order valence-corrected chi connectivity index (χ2v) is 12.0. The number of nitrogens with zero attached hydrogens (tertiary/aromatic N) is 2. The maximum atomic E-state index is 12.3. The van der Waals surface area contributed by atoms with Crippen LogP contribution in [0.3, 0.4) is 0 Å². The second kappa shape index (κ2) is 10.4. The number of piperazine rings is 1. The lowest BCUT2D eigenvalue weighted by atomic mass is 10.0. The molecule has 0 unspecified atom stereocenters. The van der Waals surface area contributed by atoms with Gasteiger partial charge in [0.25, 0.3) is 0 Å². The molecular formula is C23H36N2O4S. The Kier molecular flexibility index (Phi) is 8.47. The summed E-state index contributed by atoms with van der Waals surface area (Å²) in [5.41, 5.74) is 2.12. The van der Waals surface area contributed by atoms with E-state index < -0.39 is 14.6 Å². The number of sulfone groups is 1. The molecule has 1 fully saturated rings. The van der Waals surface area contributed by atoms with E-state index in [2.05, 4.69) is 4.90 Å². The number of Topliss-reactive ketones (excluding diaryl/α,β-unsaturated/α-hetero) is 1. The van der Waals surface area contributed by atoms with Crippen molar-refractivity contribution in [1.29, 1.82) is 0 Å². The molecule has 1 aliphatic rings. The molecule has 1 aromatic rings. The van der Waals surface area contributed by atoms with Crippen molar-refractivity contribution in [3.63, 3.8) is 0 Å². The van der Waals surface area contributed by atoms with Crippen LogP contribution < -0.4 is 4.90 Å². The lowest BCUT2D eigenvalue weighted by Crippen LogP contribution is -2.48. The molecule has 0 saturated carbocycles. The molecule has 1 aliphatic heterocycles. The fourth-order valence-electron chi connectivity index (χ4n) is 3.52. The van der Waals surface area contributed by atoms with Crippen molar-refractivity contribution < 1.29 is 18.0 Å². The van der Waals surface area contributed by atoms with Crippen molar-refractivity contribution in [2.45, 2.75) is 64.5 Å². The third-order valence-corrected chi connectivity index (χ3v) is 8.42. The van der Waals surface area contributed by atoms with Crippen LogP contribution in [0.5, 0.6) is 0 Å². The predicted molar refractivity (Wildman–Crippen MR) is 122 cm³/mol. The maximum absolute atomic E-state index is 12.3. The van der Waals surface area contributed by atoms with E-state index in [0.717, 1.165) is 50.3 Å². The van der Waals surface area contributed by atoms with E-state index in [4.69, 9.17) is 0 Å². The highest BCUT2D eigenvalue weighted by Gasteiger charge is 2.28. The summed E-state index contributed by atoms with van der Waals surface area (Å²) in [7, 11) is -3.08. The van der Waals surface area contributed by atoms with Gasteiger partial charge in [0.1, 0.15) is 5.78 Å². The van der Waals surface area contributed by atoms with E-state index in [0.29, 0.717) is 19.3 Å². The first kappa shape index (κ1) is 24.4. The van der Waals surface area contributed by atoms with Crippen molar-refractivity contribution in [2.24, 2.45) is 0 Å². The van der Waals surface area contributed by atoms with Gasteiger partial charge in [0.05, 0.1) is 10.5 Å². The van der Waals surface area contributed by atoms with Gasteiger partial charge in [-0.1, -0.05) is 18.6 Å². The van der Waals surface area contributed by atoms with Crippen LogP contribution in [-0.2, 0) is 25.8 Å². The van der Waals surface area contributed by atoms with Gasteiger partial charge in [0.15, 0.2) is 9.84 Å². The molecule has 1 heterocycles. The zero-order valence-corrected chi connectivity index (χ0v) is 19.6. The Bertz CT molecular complexity index is 818. The summed E-state index contributed by atoms with van der Waals surface area (Å²) in [6.07, 6.45) is 3.00. The first-order chi connectivity index (χ1) is 14.0. The molecule has 0 spiro atoms. The summed E-state index contributed by atoms with van der Waals surface area (Å²) in [6.45, 7) is 9.91. The molecule has 1 amide bonds. The number of amides is 1. The predicted octanol–water partition coefficient (Wildman–Crippen LogP) is 3.24. The van der Waals surface area contributed by atoms with Gasteiger partial charge in [-0.3, -0.25) is 9.59 Å². The van der Waals surface area contributed by atoms with Crippen molar-refractivity contribution in [3.8, 4) is 0 Å². The highest BCUT2D eigenvalue weighted by molar-refractivity contribution is 7.92. The topological polar surface area (TPSA) is 74.8 Å². The van der Waals surface area contributed by atoms with E-state index in [1.165, 1.54) is 0 Å². The Hall–Kier alpha value is -1.89. The highest BCUT2D eigenvalue weighted by Crippen LogP contribution is 2.19. The van der Waals surface area contributed by atoms with Crippen LogP contribution in [0, 0.1) is 0 Å². The second-order valence-electron chi connectivity index (χ2n) is 9.12. The molecule has 0 aromatic heterocycles. The first-order valence-corrected chi connectivity index (χ1v) is 12.5. The molecular weight excluding hydrogens is 400 g/mol. The van der Waals surface area contributed by atoms with Crippen LogP contribution in [0.4, 0.5) is 5.69 Å². The third-order valence-electron chi connectivity index (χ3n) is 5.73. The summed E-state index contributed by atoms with van der Waals surface area (Å²) >= 11 is 0. The van der Waals surface area contributed by atoms with Gasteiger partial charge in [-0.15, -0.1) is 0 Å². The maximum Gasteiger partial charge on any atom is 0.219 e. The van der Waals surface area contributed by atoms with Gasteiger partial charge in [-0.05, 0) is 51.3 Å². The van der Waals surface area contributed by atoms with E-state index in [-0.39, 0.29) is 17.4 Å². The number of ketones is 1. The molecule has 168 valence electrons. The van der Waals surface area contributed by atoms with Crippen LogP contribution in [-0.4, -0.2) is 61.7 Å². The number of carbonyl (C=O) groups is 2. The average molecular weight is 437 g/mol. The van der Waals surface area contributed by atoms with Gasteiger partial charge in [-0.2, -0.15) is 0 Å². The van der Waals surface area contributed by atoms with Crippen molar-refractivity contribution >= 4 is 27.2 Å². The average Bonchev–Trinajstić information content (AvgIpc) is 2.67. The Morgan fingerprint density at radius 3 is 2.07 bits per heavy atom. The summed E-state index contributed by atoms with van der Waals surface area (Å²) in [6, 6.07) is 8.09. The zero-order chi connectivity index (χ0) is 22.4. The van der Waals surface area contributed by atoms with E-state index in [1.807, 2.05) is 29.2 Å². The van der Waals surface area contributed by atoms with Crippen LogP contribution >= 0.6 is 0 Å². The number of anilines is 1. The molecule has 0 bridgehead atoms. The van der Waals surface area contributed by atoms with Gasteiger partial charge in [0, 0.05) is 51.6 Å². The number of rotatable bonds is 9. The Morgan fingerprint density at radius 2 is 1.53 bits per heavy atom. The Morgan fingerprint density at radius 1 is 0.933 bits per heavy atom. The normalized spacial score (nSPS) is 15.3. The van der Waals surface area contributed by atoms with Crippen LogP contribution in [0.2, 0.25) is 0 Å². The summed E-state index contributed by atoms with van der Waals surface area (Å²) in [5, 5.41) is 0. The largest absolute Gasteiger partial charge is 0.368 e. The Labute approximate surface area is 181 Å². The van der Waals surface area contributed by atoms with Gasteiger partial charge < -0.3 is 9.80 Å². The van der Waals surface area contributed by atoms with Crippen LogP contribution in [0.15, 0.2) is 24.3 Å². The molecule has 0 radical (unpaired) electrons. The van der Waals surface area contributed by atoms with Crippen molar-refractivity contribution in [2.75, 3.05) is 36.8 Å². The number of unbranched alkanes of at least 4 members (excludes halogenated alkanes) is 2. The molecule has 0 N–H and O–H groups in total. The zero-order valence-electron chi connectivity index (χ0n) is 18.8. The smallest absolute Gasteiger partial charge is 0.219 e. The lowest BCUT2D eigenvalue weighted by molar-refractivity contribution is -0.129. The molecule has 1 aromatic carbocycles. The molecule has 0 aliphatic carbocycles. The molecule has 1 saturated heterocycles. The minimum atomic E-state index is -3.08. The molecule has 7 heteroatoms. The van der Waals surface area contributed by atoms with Crippen molar-refractivity contribution in [1.82, 2.24) is 4.90 Å². The van der Waals surface area contributed by atoms with Gasteiger partial charge in [0.2, 0.25) is 5.91 Å². The lowest BCUT2D eigenvalue weighted by Gasteiger charge is -2.35. The van der Waals surface area contributed by atoms with E-state index in [1.54, 1.807) is 27.7 Å². The molecule has 6 nitrogen and oxygen atoms in total. The number of carbonyl (C=O) groups excluding carboxylic acids is 2. The fraction of sp³-hybridized carbons (Fsp3) is 0.652.